The topological polar surface area (TPSA) is 55.1 Å². The molecule has 0 aliphatic rings. The second-order valence-electron chi connectivity index (χ2n) is 3.47. The predicted octanol–water partition coefficient (Wildman–Crippen LogP) is 3.19. The van der Waals surface area contributed by atoms with Crippen molar-refractivity contribution in [3.63, 3.8) is 0 Å². The van der Waals surface area contributed by atoms with Gasteiger partial charge in [-0.2, -0.15) is 5.10 Å². The molecule has 0 unspecified atom stereocenters. The van der Waals surface area contributed by atoms with Gasteiger partial charge in [0, 0.05) is 11.2 Å². The normalized spacial score (nSPS) is 10.5. The molecule has 2 rings (SSSR count). The summed E-state index contributed by atoms with van der Waals surface area (Å²) in [7, 11) is 0. The Hall–Kier alpha value is -1.52. The lowest BCUT2D eigenvalue weighted by atomic mass is 10.3. The van der Waals surface area contributed by atoms with E-state index in [2.05, 4.69) is 5.10 Å². The number of rotatable bonds is 2. The number of carboxylic acids is 1. The van der Waals surface area contributed by atoms with Gasteiger partial charge in [-0.25, -0.2) is 9.48 Å². The minimum atomic E-state index is -1.01. The first-order valence-electron chi connectivity index (χ1n) is 4.74. The Bertz CT molecular complexity index is 593. The van der Waals surface area contributed by atoms with E-state index in [0.717, 1.165) is 0 Å². The molecule has 0 atom stereocenters. The number of aryl methyl sites for hydroxylation is 1. The van der Waals surface area contributed by atoms with Gasteiger partial charge in [0.15, 0.2) is 0 Å². The number of hydrogen-bond acceptors (Lipinski definition) is 2. The third-order valence-electron chi connectivity index (χ3n) is 2.29. The fourth-order valence-corrected chi connectivity index (χ4v) is 1.96. The third-order valence-corrected chi connectivity index (χ3v) is 2.82. The van der Waals surface area contributed by atoms with Crippen LogP contribution in [-0.2, 0) is 0 Å². The summed E-state index contributed by atoms with van der Waals surface area (Å²) in [5.41, 5.74) is 1.17. The van der Waals surface area contributed by atoms with Crippen molar-refractivity contribution in [3.05, 3.63) is 45.7 Å². The average Bonchev–Trinajstić information content (AvgIpc) is 2.60. The molecule has 4 nitrogen and oxygen atoms in total. The first-order valence-corrected chi connectivity index (χ1v) is 5.49. The van der Waals surface area contributed by atoms with Crippen molar-refractivity contribution in [2.45, 2.75) is 6.92 Å². The fraction of sp³-hybridized carbons (Fsp3) is 0.0909. The lowest BCUT2D eigenvalue weighted by Crippen LogP contribution is -1.96. The van der Waals surface area contributed by atoms with E-state index in [1.807, 2.05) is 0 Å². The molecule has 17 heavy (non-hydrogen) atoms. The SMILES string of the molecule is Cc1nn(-c2ccc(Cl)cc2Cl)cc1C(=O)O. The number of aromatic carboxylic acids is 1. The Kier molecular flexibility index (Phi) is 3.09. The summed E-state index contributed by atoms with van der Waals surface area (Å²) in [5.74, 6) is -1.01. The van der Waals surface area contributed by atoms with Crippen molar-refractivity contribution in [3.8, 4) is 5.69 Å². The first kappa shape index (κ1) is 12.0. The van der Waals surface area contributed by atoms with Crippen LogP contribution in [0.3, 0.4) is 0 Å². The molecule has 0 spiro atoms. The van der Waals surface area contributed by atoms with Gasteiger partial charge in [-0.3, -0.25) is 0 Å². The summed E-state index contributed by atoms with van der Waals surface area (Å²) in [6.45, 7) is 1.63. The second kappa shape index (κ2) is 4.39. The molecular weight excluding hydrogens is 263 g/mol. The lowest BCUT2D eigenvalue weighted by Gasteiger charge is -2.03. The van der Waals surface area contributed by atoms with Crippen LogP contribution in [0.15, 0.2) is 24.4 Å². The van der Waals surface area contributed by atoms with Crippen LogP contribution < -0.4 is 0 Å². The Balaban J connectivity index is 2.53. The van der Waals surface area contributed by atoms with Crippen molar-refractivity contribution in [1.29, 1.82) is 0 Å². The minimum absolute atomic E-state index is 0.149. The number of hydrogen-bond donors (Lipinski definition) is 1. The highest BCUT2D eigenvalue weighted by atomic mass is 35.5. The summed E-state index contributed by atoms with van der Waals surface area (Å²) in [6.07, 6.45) is 1.42. The smallest absolute Gasteiger partial charge is 0.339 e. The number of carboxylic acid groups (broad SMARTS) is 1. The molecular formula is C11H8Cl2N2O2. The molecule has 2 aromatic rings. The number of nitrogens with zero attached hydrogens (tertiary/aromatic N) is 2. The Morgan fingerprint density at radius 2 is 2.12 bits per heavy atom. The van der Waals surface area contributed by atoms with Gasteiger partial charge in [0.05, 0.1) is 16.4 Å². The largest absolute Gasteiger partial charge is 0.478 e. The highest BCUT2D eigenvalue weighted by Gasteiger charge is 2.13. The van der Waals surface area contributed by atoms with E-state index < -0.39 is 5.97 Å². The quantitative estimate of drug-likeness (QED) is 0.912. The van der Waals surface area contributed by atoms with Crippen molar-refractivity contribution in [1.82, 2.24) is 9.78 Å². The van der Waals surface area contributed by atoms with Gasteiger partial charge in [-0.05, 0) is 25.1 Å². The summed E-state index contributed by atoms with van der Waals surface area (Å²) in [4.78, 5) is 10.9. The standard InChI is InChI=1S/C11H8Cl2N2O2/c1-6-8(11(16)17)5-15(14-6)10-3-2-7(12)4-9(10)13/h2-5H,1H3,(H,16,17). The number of halogens is 2. The van der Waals surface area contributed by atoms with Gasteiger partial charge in [0.2, 0.25) is 0 Å². The zero-order valence-electron chi connectivity index (χ0n) is 8.82. The van der Waals surface area contributed by atoms with E-state index in [-0.39, 0.29) is 5.56 Å². The molecule has 0 aliphatic carbocycles. The van der Waals surface area contributed by atoms with Crippen LogP contribution in [-0.4, -0.2) is 20.9 Å². The van der Waals surface area contributed by atoms with Crippen LogP contribution in [0.5, 0.6) is 0 Å². The van der Waals surface area contributed by atoms with Gasteiger partial charge in [-0.1, -0.05) is 23.2 Å². The van der Waals surface area contributed by atoms with Crippen LogP contribution in [0.1, 0.15) is 16.1 Å². The third kappa shape index (κ3) is 2.28. The Morgan fingerprint density at radius 3 is 2.65 bits per heavy atom. The van der Waals surface area contributed by atoms with Crippen molar-refractivity contribution in [2.24, 2.45) is 0 Å². The van der Waals surface area contributed by atoms with E-state index in [1.54, 1.807) is 25.1 Å². The number of benzene rings is 1. The van der Waals surface area contributed by atoms with E-state index in [0.29, 0.717) is 21.4 Å². The maximum atomic E-state index is 10.9. The predicted molar refractivity (Wildman–Crippen MR) is 65.3 cm³/mol. The average molecular weight is 271 g/mol. The molecule has 6 heteroatoms. The fourth-order valence-electron chi connectivity index (χ4n) is 1.46. The van der Waals surface area contributed by atoms with Gasteiger partial charge in [0.1, 0.15) is 5.56 Å². The van der Waals surface area contributed by atoms with Crippen LogP contribution in [0.2, 0.25) is 10.0 Å². The van der Waals surface area contributed by atoms with Crippen LogP contribution in [0, 0.1) is 6.92 Å². The zero-order chi connectivity index (χ0) is 12.6. The summed E-state index contributed by atoms with van der Waals surface area (Å²) < 4.78 is 1.43. The Morgan fingerprint density at radius 1 is 1.41 bits per heavy atom. The van der Waals surface area contributed by atoms with E-state index >= 15 is 0 Å². The lowest BCUT2D eigenvalue weighted by molar-refractivity contribution is 0.0696. The summed E-state index contributed by atoms with van der Waals surface area (Å²) in [6, 6.07) is 4.93. The molecule has 0 fully saturated rings. The minimum Gasteiger partial charge on any atom is -0.478 e. The molecule has 0 saturated carbocycles. The summed E-state index contributed by atoms with van der Waals surface area (Å²) in [5, 5.41) is 14.0. The van der Waals surface area contributed by atoms with Gasteiger partial charge in [0.25, 0.3) is 0 Å². The molecule has 0 saturated heterocycles. The van der Waals surface area contributed by atoms with E-state index in [9.17, 15) is 4.79 Å². The first-order chi connectivity index (χ1) is 7.99. The molecule has 0 radical (unpaired) electrons. The molecule has 1 heterocycles. The van der Waals surface area contributed by atoms with Crippen LogP contribution in [0.4, 0.5) is 0 Å². The van der Waals surface area contributed by atoms with Crippen molar-refractivity contribution in [2.75, 3.05) is 0 Å². The van der Waals surface area contributed by atoms with Gasteiger partial charge in [-0.15, -0.1) is 0 Å². The highest BCUT2D eigenvalue weighted by Crippen LogP contribution is 2.24. The molecule has 0 aliphatic heterocycles. The van der Waals surface area contributed by atoms with Crippen molar-refractivity contribution < 1.29 is 9.90 Å². The molecule has 1 aromatic carbocycles. The molecule has 1 N–H and O–H groups in total. The molecule has 88 valence electrons. The van der Waals surface area contributed by atoms with Gasteiger partial charge < -0.3 is 5.11 Å². The van der Waals surface area contributed by atoms with Crippen LogP contribution in [0.25, 0.3) is 5.69 Å². The highest BCUT2D eigenvalue weighted by molar-refractivity contribution is 6.35. The maximum Gasteiger partial charge on any atom is 0.339 e. The van der Waals surface area contributed by atoms with Gasteiger partial charge >= 0.3 is 5.97 Å². The second-order valence-corrected chi connectivity index (χ2v) is 4.32. The van der Waals surface area contributed by atoms with E-state index in [4.69, 9.17) is 28.3 Å². The number of aromatic nitrogens is 2. The Labute approximate surface area is 107 Å². The maximum absolute atomic E-state index is 10.9. The zero-order valence-corrected chi connectivity index (χ0v) is 10.3. The monoisotopic (exact) mass is 270 g/mol. The molecule has 1 aromatic heterocycles. The van der Waals surface area contributed by atoms with E-state index in [1.165, 1.54) is 10.9 Å². The number of carbonyl (C=O) groups is 1. The molecule has 0 amide bonds. The summed E-state index contributed by atoms with van der Waals surface area (Å²) >= 11 is 11.8. The van der Waals surface area contributed by atoms with Crippen LogP contribution >= 0.6 is 23.2 Å². The molecule has 0 bridgehead atoms. The van der Waals surface area contributed by atoms with Crippen molar-refractivity contribution >= 4 is 29.2 Å².